The summed E-state index contributed by atoms with van der Waals surface area (Å²) in [5.41, 5.74) is 1.19. The van der Waals surface area contributed by atoms with Crippen molar-refractivity contribution in [2.75, 3.05) is 0 Å². The summed E-state index contributed by atoms with van der Waals surface area (Å²) in [6.45, 7) is 1.90. The Bertz CT molecular complexity index is 808. The summed E-state index contributed by atoms with van der Waals surface area (Å²) in [5, 5.41) is 12.1. The number of H-pyrrole nitrogens is 1. The van der Waals surface area contributed by atoms with Gasteiger partial charge in [-0.2, -0.15) is 5.26 Å². The van der Waals surface area contributed by atoms with E-state index in [9.17, 15) is 4.79 Å². The molecule has 0 amide bonds. The molecule has 0 radical (unpaired) electrons. The lowest BCUT2D eigenvalue weighted by molar-refractivity contribution is 0.875. The highest BCUT2D eigenvalue weighted by Crippen LogP contribution is 2.24. The van der Waals surface area contributed by atoms with E-state index >= 15 is 0 Å². The second-order valence-corrected chi connectivity index (χ2v) is 4.88. The van der Waals surface area contributed by atoms with E-state index in [0.29, 0.717) is 23.0 Å². The molecular formula is C16H15ClN4O. The standard InChI is InChI=1S/C16H15ClN4O/c1-2-15(19-10-6-5-9-18)21-16(22)11-14(20-21)12-7-3-4-8-13(12)17/h3-4,6-8,10-11,20H,2,5H2,1H3/b10-6-,19-15?. The molecule has 0 fully saturated rings. The number of aromatic amines is 1. The van der Waals surface area contributed by atoms with Gasteiger partial charge < -0.3 is 0 Å². The van der Waals surface area contributed by atoms with Gasteiger partial charge in [0.2, 0.25) is 0 Å². The first-order valence-corrected chi connectivity index (χ1v) is 7.21. The van der Waals surface area contributed by atoms with Crippen LogP contribution in [0.4, 0.5) is 0 Å². The predicted octanol–water partition coefficient (Wildman–Crippen LogP) is 3.58. The minimum absolute atomic E-state index is 0.204. The average Bonchev–Trinajstić information content (AvgIpc) is 2.89. The summed E-state index contributed by atoms with van der Waals surface area (Å²) in [4.78, 5) is 16.4. The lowest BCUT2D eigenvalue weighted by Crippen LogP contribution is -2.23. The molecule has 0 bridgehead atoms. The fourth-order valence-corrected chi connectivity index (χ4v) is 2.19. The summed E-state index contributed by atoms with van der Waals surface area (Å²) < 4.78 is 1.38. The molecule has 0 atom stereocenters. The first kappa shape index (κ1) is 15.8. The van der Waals surface area contributed by atoms with Gasteiger partial charge in [-0.05, 0) is 6.07 Å². The van der Waals surface area contributed by atoms with E-state index in [0.717, 1.165) is 5.56 Å². The summed E-state index contributed by atoms with van der Waals surface area (Å²) in [6.07, 6.45) is 4.02. The van der Waals surface area contributed by atoms with Crippen LogP contribution in [0.25, 0.3) is 11.3 Å². The Morgan fingerprint density at radius 1 is 1.50 bits per heavy atom. The number of nitriles is 1. The molecule has 1 aromatic heterocycles. The number of rotatable bonds is 4. The molecule has 0 spiro atoms. The number of aromatic nitrogens is 2. The smallest absolute Gasteiger partial charge is 0.272 e. The highest BCUT2D eigenvalue weighted by molar-refractivity contribution is 6.33. The summed E-state index contributed by atoms with van der Waals surface area (Å²) in [6, 6.07) is 10.8. The highest BCUT2D eigenvalue weighted by atomic mass is 35.5. The van der Waals surface area contributed by atoms with Gasteiger partial charge >= 0.3 is 0 Å². The van der Waals surface area contributed by atoms with Crippen molar-refractivity contribution in [2.45, 2.75) is 19.8 Å². The van der Waals surface area contributed by atoms with E-state index in [2.05, 4.69) is 10.1 Å². The third kappa shape index (κ3) is 3.54. The van der Waals surface area contributed by atoms with Crippen molar-refractivity contribution < 1.29 is 0 Å². The van der Waals surface area contributed by atoms with Gasteiger partial charge in [0.15, 0.2) is 0 Å². The molecule has 5 nitrogen and oxygen atoms in total. The zero-order valence-corrected chi connectivity index (χ0v) is 12.8. The normalized spacial score (nSPS) is 11.8. The number of benzene rings is 1. The molecule has 112 valence electrons. The van der Waals surface area contributed by atoms with Gasteiger partial charge in [-0.3, -0.25) is 9.89 Å². The molecule has 1 aromatic carbocycles. The number of aliphatic imine (C=N–C) groups is 1. The fraction of sp³-hybridized carbons (Fsp3) is 0.188. The molecule has 0 aliphatic carbocycles. The Morgan fingerprint density at radius 3 is 2.95 bits per heavy atom. The molecule has 22 heavy (non-hydrogen) atoms. The van der Waals surface area contributed by atoms with Crippen LogP contribution in [0.3, 0.4) is 0 Å². The van der Waals surface area contributed by atoms with E-state index in [1.807, 2.05) is 31.2 Å². The van der Waals surface area contributed by atoms with E-state index in [1.54, 1.807) is 12.1 Å². The monoisotopic (exact) mass is 314 g/mol. The number of allylic oxidation sites excluding steroid dienone is 1. The molecule has 0 unspecified atom stereocenters. The Balaban J connectivity index is 2.39. The molecular weight excluding hydrogens is 300 g/mol. The molecule has 0 aliphatic heterocycles. The number of hydrogen-bond acceptors (Lipinski definition) is 3. The maximum Gasteiger partial charge on any atom is 0.272 e. The molecule has 2 aromatic rings. The minimum Gasteiger partial charge on any atom is -0.289 e. The van der Waals surface area contributed by atoms with Gasteiger partial charge in [0.05, 0.1) is 18.2 Å². The number of halogens is 1. The minimum atomic E-state index is -0.204. The molecule has 1 heterocycles. The lowest BCUT2D eigenvalue weighted by atomic mass is 10.1. The summed E-state index contributed by atoms with van der Waals surface area (Å²) >= 11 is 6.15. The number of nitrogens with one attached hydrogen (secondary N) is 1. The van der Waals surface area contributed by atoms with Crippen molar-refractivity contribution in [1.29, 1.82) is 5.26 Å². The zero-order valence-electron chi connectivity index (χ0n) is 12.1. The van der Waals surface area contributed by atoms with E-state index in [-0.39, 0.29) is 12.0 Å². The predicted molar refractivity (Wildman–Crippen MR) is 88.0 cm³/mol. The number of nitrogens with zero attached hydrogens (tertiary/aromatic N) is 3. The van der Waals surface area contributed by atoms with E-state index in [4.69, 9.17) is 16.9 Å². The van der Waals surface area contributed by atoms with Crippen LogP contribution < -0.4 is 5.56 Å². The molecule has 6 heteroatoms. The van der Waals surface area contributed by atoms with Crippen LogP contribution in [0.1, 0.15) is 19.8 Å². The quantitative estimate of drug-likeness (QED) is 0.692. The van der Waals surface area contributed by atoms with Gasteiger partial charge in [0.25, 0.3) is 5.56 Å². The summed E-state index contributed by atoms with van der Waals surface area (Å²) in [7, 11) is 0. The van der Waals surface area contributed by atoms with Crippen LogP contribution >= 0.6 is 11.6 Å². The topological polar surface area (TPSA) is 73.9 Å². The van der Waals surface area contributed by atoms with Crippen LogP contribution in [-0.2, 0) is 0 Å². The van der Waals surface area contributed by atoms with Crippen LogP contribution in [-0.4, -0.2) is 15.6 Å². The Labute approximate surface area is 133 Å². The summed E-state index contributed by atoms with van der Waals surface area (Å²) in [5.74, 6) is 0.567. The van der Waals surface area contributed by atoms with Gasteiger partial charge in [-0.1, -0.05) is 42.8 Å². The molecule has 0 saturated heterocycles. The Kier molecular flexibility index (Phi) is 5.34. The number of hydrogen-bond donors (Lipinski definition) is 1. The van der Waals surface area contributed by atoms with Gasteiger partial charge in [0, 0.05) is 29.3 Å². The van der Waals surface area contributed by atoms with Crippen molar-refractivity contribution in [3.8, 4) is 17.3 Å². The second kappa shape index (κ2) is 7.43. The third-order valence-corrected chi connectivity index (χ3v) is 3.33. The zero-order chi connectivity index (χ0) is 15.9. The largest absolute Gasteiger partial charge is 0.289 e. The van der Waals surface area contributed by atoms with Gasteiger partial charge in [0.1, 0.15) is 5.84 Å². The van der Waals surface area contributed by atoms with Crippen LogP contribution in [0.5, 0.6) is 0 Å². The second-order valence-electron chi connectivity index (χ2n) is 4.47. The van der Waals surface area contributed by atoms with Crippen LogP contribution in [0, 0.1) is 11.3 Å². The molecule has 1 N–H and O–H groups in total. The maximum atomic E-state index is 12.1. The van der Waals surface area contributed by atoms with Gasteiger partial charge in [-0.15, -0.1) is 0 Å². The SMILES string of the molecule is CCC(=N/C=C\CC#N)n1[nH]c(-c2ccccc2Cl)cc1=O. The van der Waals surface area contributed by atoms with Crippen molar-refractivity contribution in [3.05, 3.63) is 58.0 Å². The maximum absolute atomic E-state index is 12.1. The Hall–Kier alpha value is -2.58. The molecule has 2 rings (SSSR count). The average molecular weight is 315 g/mol. The lowest BCUT2D eigenvalue weighted by Gasteiger charge is -2.04. The van der Waals surface area contributed by atoms with Crippen LogP contribution in [0.15, 0.2) is 52.4 Å². The van der Waals surface area contributed by atoms with E-state index in [1.165, 1.54) is 16.9 Å². The highest BCUT2D eigenvalue weighted by Gasteiger charge is 2.10. The Morgan fingerprint density at radius 2 is 2.27 bits per heavy atom. The van der Waals surface area contributed by atoms with Crippen molar-refractivity contribution in [2.24, 2.45) is 4.99 Å². The molecule has 0 aliphatic rings. The fourth-order valence-electron chi connectivity index (χ4n) is 1.96. The van der Waals surface area contributed by atoms with Gasteiger partial charge in [-0.25, -0.2) is 9.67 Å². The first-order chi connectivity index (χ1) is 10.7. The van der Waals surface area contributed by atoms with Crippen molar-refractivity contribution in [3.63, 3.8) is 0 Å². The van der Waals surface area contributed by atoms with Crippen molar-refractivity contribution in [1.82, 2.24) is 9.78 Å². The van der Waals surface area contributed by atoms with Crippen molar-refractivity contribution >= 4 is 17.4 Å². The molecule has 0 saturated carbocycles. The first-order valence-electron chi connectivity index (χ1n) is 6.83. The third-order valence-electron chi connectivity index (χ3n) is 3.00. The van der Waals surface area contributed by atoms with E-state index < -0.39 is 0 Å². The van der Waals surface area contributed by atoms with Crippen LogP contribution in [0.2, 0.25) is 5.02 Å².